The number of rotatable bonds is 4. The van der Waals surface area contributed by atoms with Gasteiger partial charge in [0.2, 0.25) is 0 Å². The maximum absolute atomic E-state index is 12.5. The molecule has 1 aromatic carbocycles. The molecule has 0 radical (unpaired) electrons. The van der Waals surface area contributed by atoms with E-state index >= 15 is 0 Å². The second-order valence-electron chi connectivity index (χ2n) is 6.03. The number of carbonyl (C=O) groups excluding carboxylic acids is 2. The van der Waals surface area contributed by atoms with E-state index in [1.54, 1.807) is 6.92 Å². The van der Waals surface area contributed by atoms with Gasteiger partial charge in [0.15, 0.2) is 5.78 Å². The number of hydrogen-bond donors (Lipinski definition) is 0. The Balaban J connectivity index is 2.33. The van der Waals surface area contributed by atoms with Crippen molar-refractivity contribution < 1.29 is 14.3 Å². The van der Waals surface area contributed by atoms with E-state index in [1.807, 2.05) is 6.07 Å². The molecule has 3 nitrogen and oxygen atoms in total. The summed E-state index contributed by atoms with van der Waals surface area (Å²) in [6, 6.07) is 6.15. The second kappa shape index (κ2) is 6.42. The van der Waals surface area contributed by atoms with Crippen LogP contribution in [-0.2, 0) is 20.7 Å². The van der Waals surface area contributed by atoms with Gasteiger partial charge in [-0.2, -0.15) is 0 Å². The van der Waals surface area contributed by atoms with Gasteiger partial charge in [-0.25, -0.2) is 0 Å². The molecule has 0 amide bonds. The van der Waals surface area contributed by atoms with Crippen LogP contribution in [0.2, 0.25) is 0 Å². The third kappa shape index (κ3) is 3.17. The van der Waals surface area contributed by atoms with Crippen LogP contribution in [-0.4, -0.2) is 18.4 Å². The van der Waals surface area contributed by atoms with Crippen LogP contribution in [0.15, 0.2) is 18.2 Å². The monoisotopic (exact) mass is 288 g/mol. The molecule has 1 fully saturated rings. The van der Waals surface area contributed by atoms with Crippen molar-refractivity contribution in [3.63, 3.8) is 0 Å². The Labute approximate surface area is 126 Å². The number of hydrogen-bond acceptors (Lipinski definition) is 3. The minimum atomic E-state index is -0.962. The number of ether oxygens (including phenoxy) is 1. The van der Waals surface area contributed by atoms with Crippen molar-refractivity contribution in [3.05, 3.63) is 34.9 Å². The lowest BCUT2D eigenvalue weighted by Crippen LogP contribution is -2.44. The Morgan fingerprint density at radius 2 is 2.00 bits per heavy atom. The van der Waals surface area contributed by atoms with Crippen molar-refractivity contribution >= 4 is 11.8 Å². The molecule has 114 valence electrons. The third-order valence-electron chi connectivity index (χ3n) is 4.53. The summed E-state index contributed by atoms with van der Waals surface area (Å²) >= 11 is 0. The maximum Gasteiger partial charge on any atom is 0.319 e. The van der Waals surface area contributed by atoms with Crippen molar-refractivity contribution in [3.8, 4) is 0 Å². The molecule has 1 atom stereocenters. The lowest BCUT2D eigenvalue weighted by Gasteiger charge is -2.33. The Kier molecular flexibility index (Phi) is 4.81. The number of aryl methyl sites for hydroxylation is 2. The molecule has 3 heteroatoms. The normalized spacial score (nSPS) is 22.1. The van der Waals surface area contributed by atoms with E-state index in [4.69, 9.17) is 4.74 Å². The van der Waals surface area contributed by atoms with Gasteiger partial charge in [-0.3, -0.25) is 9.59 Å². The first-order chi connectivity index (χ1) is 9.99. The van der Waals surface area contributed by atoms with Crippen LogP contribution < -0.4 is 0 Å². The molecule has 1 saturated carbocycles. The van der Waals surface area contributed by atoms with E-state index in [2.05, 4.69) is 26.0 Å². The zero-order chi connectivity index (χ0) is 15.5. The Morgan fingerprint density at radius 3 is 2.62 bits per heavy atom. The number of Topliss-reactive ketones (excluding diaryl/α,β-unsaturated/α-hetero) is 1. The van der Waals surface area contributed by atoms with Crippen molar-refractivity contribution in [2.75, 3.05) is 6.61 Å². The fraction of sp³-hybridized carbons (Fsp3) is 0.556. The molecule has 1 aromatic rings. The zero-order valence-electron chi connectivity index (χ0n) is 13.2. The highest BCUT2D eigenvalue weighted by molar-refractivity contribution is 6.04. The number of ketones is 1. The Morgan fingerprint density at radius 1 is 1.24 bits per heavy atom. The summed E-state index contributed by atoms with van der Waals surface area (Å²) in [6.07, 6.45) is 3.36. The number of esters is 1. The number of benzene rings is 1. The molecule has 1 aliphatic carbocycles. The topological polar surface area (TPSA) is 43.4 Å². The second-order valence-corrected chi connectivity index (χ2v) is 6.03. The van der Waals surface area contributed by atoms with Crippen LogP contribution in [0.4, 0.5) is 0 Å². The first-order valence-corrected chi connectivity index (χ1v) is 7.76. The van der Waals surface area contributed by atoms with Gasteiger partial charge in [0, 0.05) is 6.42 Å². The molecule has 0 saturated heterocycles. The Bertz CT molecular complexity index is 547. The summed E-state index contributed by atoms with van der Waals surface area (Å²) in [5, 5.41) is 0. The SMILES string of the molecule is CCOC(=O)C1(Cc2ccc(C)c(C)c2)CCCCC1=O. The fourth-order valence-corrected chi connectivity index (χ4v) is 3.10. The molecule has 0 N–H and O–H groups in total. The van der Waals surface area contributed by atoms with E-state index in [0.29, 0.717) is 25.9 Å². The summed E-state index contributed by atoms with van der Waals surface area (Å²) in [5.74, 6) is -0.293. The average Bonchev–Trinajstić information content (AvgIpc) is 2.45. The molecule has 0 aromatic heterocycles. The minimum absolute atomic E-state index is 0.0467. The molecule has 0 heterocycles. The van der Waals surface area contributed by atoms with E-state index in [9.17, 15) is 9.59 Å². The first kappa shape index (κ1) is 15.7. The molecular formula is C18H24O3. The van der Waals surface area contributed by atoms with Crippen molar-refractivity contribution in [1.82, 2.24) is 0 Å². The van der Waals surface area contributed by atoms with Gasteiger partial charge in [-0.05, 0) is 56.7 Å². The van der Waals surface area contributed by atoms with Crippen LogP contribution in [0.1, 0.15) is 49.3 Å². The highest BCUT2D eigenvalue weighted by Crippen LogP contribution is 2.38. The van der Waals surface area contributed by atoms with Crippen LogP contribution in [0.5, 0.6) is 0 Å². The van der Waals surface area contributed by atoms with Crippen LogP contribution in [0.3, 0.4) is 0 Å². The number of carbonyl (C=O) groups is 2. The predicted molar refractivity (Wildman–Crippen MR) is 82.2 cm³/mol. The molecule has 0 aliphatic heterocycles. The third-order valence-corrected chi connectivity index (χ3v) is 4.53. The van der Waals surface area contributed by atoms with Gasteiger partial charge >= 0.3 is 5.97 Å². The van der Waals surface area contributed by atoms with E-state index in [-0.39, 0.29) is 11.8 Å². The first-order valence-electron chi connectivity index (χ1n) is 7.76. The summed E-state index contributed by atoms with van der Waals surface area (Å²) in [4.78, 5) is 24.9. The minimum Gasteiger partial charge on any atom is -0.465 e. The quantitative estimate of drug-likeness (QED) is 0.628. The molecule has 1 aliphatic rings. The standard InChI is InChI=1S/C18H24O3/c1-4-21-17(20)18(10-6-5-7-16(18)19)12-15-9-8-13(2)14(3)11-15/h8-9,11H,4-7,10,12H2,1-3H3. The largest absolute Gasteiger partial charge is 0.465 e. The van der Waals surface area contributed by atoms with Gasteiger partial charge in [-0.15, -0.1) is 0 Å². The summed E-state index contributed by atoms with van der Waals surface area (Å²) in [7, 11) is 0. The molecule has 2 rings (SSSR count). The summed E-state index contributed by atoms with van der Waals surface area (Å²) in [5.41, 5.74) is 2.49. The molecule has 0 spiro atoms. The van der Waals surface area contributed by atoms with E-state index < -0.39 is 5.41 Å². The van der Waals surface area contributed by atoms with Gasteiger partial charge in [0.05, 0.1) is 6.61 Å². The lowest BCUT2D eigenvalue weighted by molar-refractivity contribution is -0.162. The van der Waals surface area contributed by atoms with Gasteiger partial charge in [0.25, 0.3) is 0 Å². The summed E-state index contributed by atoms with van der Waals surface area (Å²) in [6.45, 7) is 6.22. The van der Waals surface area contributed by atoms with Crippen molar-refractivity contribution in [1.29, 1.82) is 0 Å². The molecular weight excluding hydrogens is 264 g/mol. The van der Waals surface area contributed by atoms with E-state index in [1.165, 1.54) is 11.1 Å². The van der Waals surface area contributed by atoms with Crippen LogP contribution >= 0.6 is 0 Å². The van der Waals surface area contributed by atoms with Crippen molar-refractivity contribution in [2.24, 2.45) is 5.41 Å². The van der Waals surface area contributed by atoms with Gasteiger partial charge < -0.3 is 4.74 Å². The van der Waals surface area contributed by atoms with Crippen LogP contribution in [0, 0.1) is 19.3 Å². The molecule has 0 bridgehead atoms. The summed E-state index contributed by atoms with van der Waals surface area (Å²) < 4.78 is 5.22. The maximum atomic E-state index is 12.5. The fourth-order valence-electron chi connectivity index (χ4n) is 3.10. The molecule has 1 unspecified atom stereocenters. The zero-order valence-corrected chi connectivity index (χ0v) is 13.2. The smallest absolute Gasteiger partial charge is 0.319 e. The average molecular weight is 288 g/mol. The predicted octanol–water partition coefficient (Wildman–Crippen LogP) is 3.54. The van der Waals surface area contributed by atoms with Crippen molar-refractivity contribution in [2.45, 2.75) is 52.9 Å². The lowest BCUT2D eigenvalue weighted by atomic mass is 9.69. The van der Waals surface area contributed by atoms with Crippen LogP contribution in [0.25, 0.3) is 0 Å². The van der Waals surface area contributed by atoms with Gasteiger partial charge in [0.1, 0.15) is 5.41 Å². The Hall–Kier alpha value is -1.64. The highest BCUT2D eigenvalue weighted by Gasteiger charge is 2.47. The highest BCUT2D eigenvalue weighted by atomic mass is 16.5. The van der Waals surface area contributed by atoms with E-state index in [0.717, 1.165) is 18.4 Å². The van der Waals surface area contributed by atoms with Gasteiger partial charge in [-0.1, -0.05) is 24.6 Å². The molecule has 21 heavy (non-hydrogen) atoms.